The number of hydrogen-bond donors (Lipinski definition) is 1. The first-order valence-electron chi connectivity index (χ1n) is 9.37. The number of hydrogen-bond acceptors (Lipinski definition) is 4. The van der Waals surface area contributed by atoms with Gasteiger partial charge in [-0.05, 0) is 37.1 Å². The van der Waals surface area contributed by atoms with Crippen molar-refractivity contribution in [2.75, 3.05) is 0 Å². The molecule has 6 heteroatoms. The molecule has 2 aromatic heterocycles. The van der Waals surface area contributed by atoms with Crippen molar-refractivity contribution < 1.29 is 9.32 Å². The minimum absolute atomic E-state index is 0.0163. The van der Waals surface area contributed by atoms with Crippen LogP contribution in [0.5, 0.6) is 0 Å². The molecule has 0 radical (unpaired) electrons. The van der Waals surface area contributed by atoms with Crippen molar-refractivity contribution in [3.05, 3.63) is 83.5 Å². The van der Waals surface area contributed by atoms with Crippen LogP contribution in [0.25, 0.3) is 11.0 Å². The summed E-state index contributed by atoms with van der Waals surface area (Å²) in [5, 5.41) is 7.14. The first-order valence-corrected chi connectivity index (χ1v) is 9.37. The molecule has 0 bridgehead atoms. The van der Waals surface area contributed by atoms with Gasteiger partial charge in [0.1, 0.15) is 11.5 Å². The number of benzene rings is 2. The molecule has 0 fully saturated rings. The molecule has 28 heavy (non-hydrogen) atoms. The van der Waals surface area contributed by atoms with E-state index >= 15 is 0 Å². The summed E-state index contributed by atoms with van der Waals surface area (Å²) in [5.74, 6) is 0.682. The van der Waals surface area contributed by atoms with Crippen LogP contribution >= 0.6 is 0 Å². The third-order valence-corrected chi connectivity index (χ3v) is 4.81. The van der Waals surface area contributed by atoms with Crippen LogP contribution in [-0.2, 0) is 6.54 Å². The normalized spacial score (nSPS) is 12.2. The second-order valence-electron chi connectivity index (χ2n) is 6.85. The average Bonchev–Trinajstić information content (AvgIpc) is 3.32. The van der Waals surface area contributed by atoms with Gasteiger partial charge in [-0.3, -0.25) is 4.79 Å². The fourth-order valence-corrected chi connectivity index (χ4v) is 3.35. The molecule has 0 aliphatic heterocycles. The van der Waals surface area contributed by atoms with Gasteiger partial charge in [0.15, 0.2) is 0 Å². The van der Waals surface area contributed by atoms with Gasteiger partial charge in [0.2, 0.25) is 0 Å². The maximum Gasteiger partial charge on any atom is 0.251 e. The van der Waals surface area contributed by atoms with Crippen LogP contribution in [0.4, 0.5) is 0 Å². The van der Waals surface area contributed by atoms with Gasteiger partial charge in [-0.1, -0.05) is 42.4 Å². The molecule has 2 heterocycles. The molecule has 2 aromatic carbocycles. The van der Waals surface area contributed by atoms with E-state index in [0.29, 0.717) is 12.1 Å². The number of nitrogens with one attached hydrogen (secondary N) is 1. The highest BCUT2D eigenvalue weighted by Gasteiger charge is 2.15. The molecule has 142 valence electrons. The summed E-state index contributed by atoms with van der Waals surface area (Å²) in [6, 6.07) is 17.5. The van der Waals surface area contributed by atoms with Crippen molar-refractivity contribution in [2.45, 2.75) is 32.9 Å². The van der Waals surface area contributed by atoms with E-state index in [1.807, 2.05) is 66.1 Å². The molecule has 1 N–H and O–H groups in total. The van der Waals surface area contributed by atoms with Gasteiger partial charge in [0.25, 0.3) is 5.91 Å². The van der Waals surface area contributed by atoms with E-state index in [0.717, 1.165) is 34.5 Å². The minimum Gasteiger partial charge on any atom is -0.361 e. The van der Waals surface area contributed by atoms with Gasteiger partial charge in [-0.2, -0.15) is 0 Å². The smallest absolute Gasteiger partial charge is 0.251 e. The molecule has 1 amide bonds. The summed E-state index contributed by atoms with van der Waals surface area (Å²) in [5.41, 5.74) is 4.27. The molecule has 6 nitrogen and oxygen atoms in total. The number of carbonyl (C=O) groups is 1. The summed E-state index contributed by atoms with van der Waals surface area (Å²) < 4.78 is 7.12. The van der Waals surface area contributed by atoms with Crippen molar-refractivity contribution in [3.63, 3.8) is 0 Å². The second-order valence-corrected chi connectivity index (χ2v) is 6.85. The molecule has 0 unspecified atom stereocenters. The summed E-state index contributed by atoms with van der Waals surface area (Å²) in [6.45, 7) is 4.51. The Labute approximate surface area is 163 Å². The lowest BCUT2D eigenvalue weighted by molar-refractivity contribution is 0.0935. The average molecular weight is 374 g/mol. The van der Waals surface area contributed by atoms with Crippen molar-refractivity contribution in [2.24, 2.45) is 0 Å². The van der Waals surface area contributed by atoms with Crippen molar-refractivity contribution in [1.82, 2.24) is 20.0 Å². The third-order valence-electron chi connectivity index (χ3n) is 4.81. The standard InChI is InChI=1S/C22H22N4O2/c1-3-19(16-7-5-4-6-8-16)24-22(27)17-9-10-21-20(12-17)23-14-26(21)13-18-11-15(2)28-25-18/h4-12,14,19H,3,13H2,1-2H3,(H,24,27)/t19-/m1/s1. The number of nitrogens with zero attached hydrogens (tertiary/aromatic N) is 3. The molecule has 0 saturated heterocycles. The lowest BCUT2D eigenvalue weighted by Crippen LogP contribution is -2.28. The van der Waals surface area contributed by atoms with E-state index in [1.165, 1.54) is 0 Å². The fourth-order valence-electron chi connectivity index (χ4n) is 3.35. The van der Waals surface area contributed by atoms with Gasteiger partial charge >= 0.3 is 0 Å². The summed E-state index contributed by atoms with van der Waals surface area (Å²) in [6.07, 6.45) is 2.58. The SMILES string of the molecule is CC[C@@H](NC(=O)c1ccc2c(c1)ncn2Cc1cc(C)on1)c1ccccc1. The van der Waals surface area contributed by atoms with Crippen LogP contribution in [0, 0.1) is 6.92 Å². The van der Waals surface area contributed by atoms with Gasteiger partial charge in [0, 0.05) is 11.6 Å². The number of aryl methyl sites for hydroxylation is 1. The Kier molecular flexibility index (Phi) is 4.93. The zero-order valence-electron chi connectivity index (χ0n) is 15.9. The molecule has 0 aliphatic carbocycles. The van der Waals surface area contributed by atoms with E-state index in [-0.39, 0.29) is 11.9 Å². The lowest BCUT2D eigenvalue weighted by atomic mass is 10.0. The zero-order valence-corrected chi connectivity index (χ0v) is 15.9. The number of amides is 1. The molecular weight excluding hydrogens is 352 g/mol. The van der Waals surface area contributed by atoms with Crippen molar-refractivity contribution >= 4 is 16.9 Å². The Morgan fingerprint density at radius 1 is 1.18 bits per heavy atom. The third kappa shape index (κ3) is 3.67. The van der Waals surface area contributed by atoms with Crippen LogP contribution in [-0.4, -0.2) is 20.6 Å². The monoisotopic (exact) mass is 374 g/mol. The van der Waals surface area contributed by atoms with Gasteiger partial charge < -0.3 is 14.4 Å². The molecule has 0 saturated carbocycles. The maximum absolute atomic E-state index is 12.8. The molecule has 4 aromatic rings. The molecule has 0 spiro atoms. The molecule has 0 aliphatic rings. The van der Waals surface area contributed by atoms with Crippen LogP contribution in [0.2, 0.25) is 0 Å². The fraction of sp³-hybridized carbons (Fsp3) is 0.227. The molecule has 1 atom stereocenters. The van der Waals surface area contributed by atoms with Gasteiger partial charge in [-0.25, -0.2) is 4.98 Å². The molecular formula is C22H22N4O2. The van der Waals surface area contributed by atoms with Crippen LogP contribution in [0.3, 0.4) is 0 Å². The number of aromatic nitrogens is 3. The number of rotatable bonds is 6. The van der Waals surface area contributed by atoms with Crippen LogP contribution < -0.4 is 5.32 Å². The minimum atomic E-state index is -0.0979. The van der Waals surface area contributed by atoms with Crippen LogP contribution in [0.15, 0.2) is 65.4 Å². The summed E-state index contributed by atoms with van der Waals surface area (Å²) in [7, 11) is 0. The van der Waals surface area contributed by atoms with E-state index in [4.69, 9.17) is 4.52 Å². The van der Waals surface area contributed by atoms with Gasteiger partial charge in [-0.15, -0.1) is 0 Å². The zero-order chi connectivity index (χ0) is 19.5. The Hall–Kier alpha value is -3.41. The second kappa shape index (κ2) is 7.68. The Balaban J connectivity index is 1.53. The Morgan fingerprint density at radius 3 is 2.71 bits per heavy atom. The highest BCUT2D eigenvalue weighted by atomic mass is 16.5. The van der Waals surface area contributed by atoms with E-state index in [2.05, 4.69) is 22.4 Å². The Bertz CT molecular complexity index is 1100. The first-order chi connectivity index (χ1) is 13.6. The first kappa shape index (κ1) is 18.0. The van der Waals surface area contributed by atoms with E-state index < -0.39 is 0 Å². The number of imidazole rings is 1. The number of carbonyl (C=O) groups excluding carboxylic acids is 1. The predicted octanol–water partition coefficient (Wildman–Crippen LogP) is 4.26. The largest absolute Gasteiger partial charge is 0.361 e. The summed E-state index contributed by atoms with van der Waals surface area (Å²) in [4.78, 5) is 17.2. The van der Waals surface area contributed by atoms with E-state index in [9.17, 15) is 4.79 Å². The van der Waals surface area contributed by atoms with E-state index in [1.54, 1.807) is 6.33 Å². The predicted molar refractivity (Wildman–Crippen MR) is 107 cm³/mol. The number of fused-ring (bicyclic) bond motifs is 1. The van der Waals surface area contributed by atoms with Crippen molar-refractivity contribution in [1.29, 1.82) is 0 Å². The topological polar surface area (TPSA) is 73.0 Å². The summed E-state index contributed by atoms with van der Waals surface area (Å²) >= 11 is 0. The lowest BCUT2D eigenvalue weighted by Gasteiger charge is -2.17. The van der Waals surface area contributed by atoms with Crippen molar-refractivity contribution in [3.8, 4) is 0 Å². The van der Waals surface area contributed by atoms with Crippen LogP contribution in [0.1, 0.15) is 46.8 Å². The maximum atomic E-state index is 12.8. The highest BCUT2D eigenvalue weighted by molar-refractivity contribution is 5.97. The quantitative estimate of drug-likeness (QED) is 0.547. The van der Waals surface area contributed by atoms with Gasteiger partial charge in [0.05, 0.1) is 29.9 Å². The molecule has 4 rings (SSSR count). The highest BCUT2D eigenvalue weighted by Crippen LogP contribution is 2.19. The Morgan fingerprint density at radius 2 is 2.00 bits per heavy atom.